The summed E-state index contributed by atoms with van der Waals surface area (Å²) in [6, 6.07) is 12.6. The lowest BCUT2D eigenvalue weighted by Gasteiger charge is -2.12. The second-order valence-electron chi connectivity index (χ2n) is 4.52. The summed E-state index contributed by atoms with van der Waals surface area (Å²) in [5, 5.41) is 12.9. The van der Waals surface area contributed by atoms with Crippen LogP contribution in [0.1, 0.15) is 16.1 Å². The van der Waals surface area contributed by atoms with E-state index in [1.165, 1.54) is 12.1 Å². The second-order valence-corrected chi connectivity index (χ2v) is 5.31. The number of amides is 1. The molecule has 0 radical (unpaired) electrons. The molecule has 0 saturated heterocycles. The molecule has 0 aliphatic heterocycles. The third-order valence-electron chi connectivity index (χ3n) is 2.84. The quantitative estimate of drug-likeness (QED) is 0.831. The van der Waals surface area contributed by atoms with Gasteiger partial charge in [0.2, 0.25) is 0 Å². The molecule has 0 fully saturated rings. The highest BCUT2D eigenvalue weighted by atomic mass is 35.5. The Morgan fingerprint density at radius 1 is 1.19 bits per heavy atom. The number of hydrogen-bond acceptors (Lipinski definition) is 3. The van der Waals surface area contributed by atoms with Gasteiger partial charge in [-0.25, -0.2) is 4.98 Å². The van der Waals surface area contributed by atoms with Gasteiger partial charge in [-0.15, -0.1) is 0 Å². The van der Waals surface area contributed by atoms with E-state index >= 15 is 0 Å². The van der Waals surface area contributed by atoms with E-state index in [0.717, 1.165) is 5.56 Å². The summed E-state index contributed by atoms with van der Waals surface area (Å²) in [6.45, 7) is 0.109. The number of benzene rings is 1. The van der Waals surface area contributed by atoms with Gasteiger partial charge in [0, 0.05) is 13.0 Å². The fourth-order valence-corrected chi connectivity index (χ4v) is 2.17. The highest BCUT2D eigenvalue weighted by molar-refractivity contribution is 6.34. The van der Waals surface area contributed by atoms with Crippen molar-refractivity contribution >= 4 is 29.1 Å². The molecular formula is C15H14Cl2N2O2. The number of aliphatic hydroxyl groups is 1. The van der Waals surface area contributed by atoms with Crippen LogP contribution in [-0.2, 0) is 6.42 Å². The maximum atomic E-state index is 11.9. The van der Waals surface area contributed by atoms with E-state index in [2.05, 4.69) is 10.3 Å². The molecule has 1 heterocycles. The SMILES string of the molecule is O=C(NCC(O)Cc1ccccc1)c1nc(Cl)ccc1Cl. The first-order valence-corrected chi connectivity index (χ1v) is 7.14. The number of halogens is 2. The molecule has 0 aliphatic carbocycles. The van der Waals surface area contributed by atoms with Gasteiger partial charge in [0.1, 0.15) is 10.8 Å². The van der Waals surface area contributed by atoms with Gasteiger partial charge in [0.15, 0.2) is 0 Å². The van der Waals surface area contributed by atoms with Crippen LogP contribution in [0.2, 0.25) is 10.2 Å². The lowest BCUT2D eigenvalue weighted by molar-refractivity contribution is 0.0911. The number of rotatable bonds is 5. The van der Waals surface area contributed by atoms with Crippen molar-refractivity contribution in [2.24, 2.45) is 0 Å². The van der Waals surface area contributed by atoms with E-state index in [1.807, 2.05) is 30.3 Å². The van der Waals surface area contributed by atoms with Crippen LogP contribution >= 0.6 is 23.2 Å². The molecular weight excluding hydrogens is 311 g/mol. The van der Waals surface area contributed by atoms with Crippen LogP contribution in [0.4, 0.5) is 0 Å². The molecule has 1 amide bonds. The van der Waals surface area contributed by atoms with Gasteiger partial charge in [-0.05, 0) is 17.7 Å². The van der Waals surface area contributed by atoms with Crippen LogP contribution in [0.5, 0.6) is 0 Å². The first-order valence-electron chi connectivity index (χ1n) is 6.38. The van der Waals surface area contributed by atoms with Crippen molar-refractivity contribution in [3.8, 4) is 0 Å². The highest BCUT2D eigenvalue weighted by Gasteiger charge is 2.14. The number of carbonyl (C=O) groups excluding carboxylic acids is 1. The average Bonchev–Trinajstić information content (AvgIpc) is 2.48. The fourth-order valence-electron chi connectivity index (χ4n) is 1.83. The molecule has 0 aliphatic rings. The predicted molar refractivity (Wildman–Crippen MR) is 82.7 cm³/mol. The summed E-state index contributed by atoms with van der Waals surface area (Å²) in [7, 11) is 0. The maximum absolute atomic E-state index is 11.9. The maximum Gasteiger partial charge on any atom is 0.271 e. The summed E-state index contributed by atoms with van der Waals surface area (Å²) in [5.41, 5.74) is 1.05. The highest BCUT2D eigenvalue weighted by Crippen LogP contribution is 2.16. The van der Waals surface area contributed by atoms with Crippen molar-refractivity contribution in [3.63, 3.8) is 0 Å². The van der Waals surface area contributed by atoms with Gasteiger partial charge in [0.25, 0.3) is 5.91 Å². The number of hydrogen-bond donors (Lipinski definition) is 2. The summed E-state index contributed by atoms with van der Waals surface area (Å²) in [6.07, 6.45) is -0.230. The van der Waals surface area contributed by atoms with E-state index in [4.69, 9.17) is 23.2 Å². The summed E-state index contributed by atoms with van der Waals surface area (Å²) >= 11 is 11.6. The van der Waals surface area contributed by atoms with Gasteiger partial charge < -0.3 is 10.4 Å². The van der Waals surface area contributed by atoms with E-state index < -0.39 is 12.0 Å². The average molecular weight is 325 g/mol. The Kier molecular flexibility index (Phi) is 5.56. The molecule has 0 spiro atoms. The monoisotopic (exact) mass is 324 g/mol. The fraction of sp³-hybridized carbons (Fsp3) is 0.200. The zero-order valence-corrected chi connectivity index (χ0v) is 12.6. The summed E-state index contributed by atoms with van der Waals surface area (Å²) < 4.78 is 0. The molecule has 4 nitrogen and oxygen atoms in total. The number of nitrogens with zero attached hydrogens (tertiary/aromatic N) is 1. The third-order valence-corrected chi connectivity index (χ3v) is 3.35. The number of aromatic nitrogens is 1. The Labute approximate surface area is 132 Å². The van der Waals surface area contributed by atoms with Crippen molar-refractivity contribution in [2.75, 3.05) is 6.54 Å². The van der Waals surface area contributed by atoms with E-state index in [-0.39, 0.29) is 22.4 Å². The Hall–Kier alpha value is -1.62. The van der Waals surface area contributed by atoms with Gasteiger partial charge in [-0.3, -0.25) is 4.79 Å². The number of pyridine rings is 1. The summed E-state index contributed by atoms with van der Waals surface area (Å²) in [4.78, 5) is 15.8. The molecule has 6 heteroatoms. The van der Waals surface area contributed by atoms with Crippen molar-refractivity contribution in [2.45, 2.75) is 12.5 Å². The predicted octanol–water partition coefficient (Wildman–Crippen LogP) is 2.72. The van der Waals surface area contributed by atoms with E-state index in [0.29, 0.717) is 6.42 Å². The lowest BCUT2D eigenvalue weighted by atomic mass is 10.1. The minimum Gasteiger partial charge on any atom is -0.391 e. The number of aliphatic hydroxyl groups excluding tert-OH is 1. The van der Waals surface area contributed by atoms with Crippen molar-refractivity contribution in [1.82, 2.24) is 10.3 Å². The Morgan fingerprint density at radius 2 is 1.90 bits per heavy atom. The zero-order valence-electron chi connectivity index (χ0n) is 11.1. The molecule has 0 saturated carbocycles. The third kappa shape index (κ3) is 4.70. The molecule has 110 valence electrons. The largest absolute Gasteiger partial charge is 0.391 e. The van der Waals surface area contributed by atoms with E-state index in [1.54, 1.807) is 0 Å². The van der Waals surface area contributed by atoms with Crippen molar-refractivity contribution < 1.29 is 9.90 Å². The van der Waals surface area contributed by atoms with Crippen LogP contribution in [0, 0.1) is 0 Å². The number of carbonyl (C=O) groups is 1. The normalized spacial score (nSPS) is 12.0. The zero-order chi connectivity index (χ0) is 15.2. The Bertz CT molecular complexity index is 620. The van der Waals surface area contributed by atoms with E-state index in [9.17, 15) is 9.90 Å². The first kappa shape index (κ1) is 15.8. The van der Waals surface area contributed by atoms with Crippen LogP contribution in [-0.4, -0.2) is 28.6 Å². The molecule has 1 atom stereocenters. The molecule has 1 unspecified atom stereocenters. The van der Waals surface area contributed by atoms with Crippen molar-refractivity contribution in [1.29, 1.82) is 0 Å². The van der Waals surface area contributed by atoms with Gasteiger partial charge in [0.05, 0.1) is 11.1 Å². The molecule has 2 N–H and O–H groups in total. The molecule has 1 aromatic heterocycles. The molecule has 2 aromatic rings. The molecule has 21 heavy (non-hydrogen) atoms. The molecule has 1 aromatic carbocycles. The summed E-state index contributed by atoms with van der Waals surface area (Å²) in [5.74, 6) is -0.463. The van der Waals surface area contributed by atoms with Crippen LogP contribution in [0.3, 0.4) is 0 Å². The Balaban J connectivity index is 1.90. The number of nitrogens with one attached hydrogen (secondary N) is 1. The standard InChI is InChI=1S/C15H14Cl2N2O2/c16-12-6-7-13(17)19-14(12)15(21)18-9-11(20)8-10-4-2-1-3-5-10/h1-7,11,20H,8-9H2,(H,18,21). The first-order chi connectivity index (χ1) is 10.1. The topological polar surface area (TPSA) is 62.2 Å². The van der Waals surface area contributed by atoms with Crippen LogP contribution < -0.4 is 5.32 Å². The lowest BCUT2D eigenvalue weighted by Crippen LogP contribution is -2.33. The minimum absolute atomic E-state index is 0.0519. The van der Waals surface area contributed by atoms with Crippen molar-refractivity contribution in [3.05, 3.63) is 63.9 Å². The molecule has 0 bridgehead atoms. The molecule has 2 rings (SSSR count). The van der Waals surface area contributed by atoms with Gasteiger partial charge in [-0.2, -0.15) is 0 Å². The minimum atomic E-state index is -0.686. The van der Waals surface area contributed by atoms with Crippen LogP contribution in [0.25, 0.3) is 0 Å². The Morgan fingerprint density at radius 3 is 2.62 bits per heavy atom. The van der Waals surface area contributed by atoms with Gasteiger partial charge in [-0.1, -0.05) is 53.5 Å². The van der Waals surface area contributed by atoms with Gasteiger partial charge >= 0.3 is 0 Å². The smallest absolute Gasteiger partial charge is 0.271 e. The second kappa shape index (κ2) is 7.41. The van der Waals surface area contributed by atoms with Crippen LogP contribution in [0.15, 0.2) is 42.5 Å².